The molecule has 1 N–H and O–H groups in total. The van der Waals surface area contributed by atoms with Gasteiger partial charge in [-0.1, -0.05) is 26.0 Å². The molecule has 1 aromatic carbocycles. The molecule has 0 saturated heterocycles. The molecule has 0 unspecified atom stereocenters. The SMILES string of the molecule is CC[C@@H](C)c1ccc(S(=O)(=O)NCc2ccncc2)cc1. The first-order valence-corrected chi connectivity index (χ1v) is 8.50. The van der Waals surface area contributed by atoms with Gasteiger partial charge in [0, 0.05) is 18.9 Å². The van der Waals surface area contributed by atoms with Crippen molar-refractivity contribution in [2.75, 3.05) is 0 Å². The average molecular weight is 304 g/mol. The van der Waals surface area contributed by atoms with Crippen LogP contribution in [0.4, 0.5) is 0 Å². The summed E-state index contributed by atoms with van der Waals surface area (Å²) in [6.07, 6.45) is 4.32. The molecule has 112 valence electrons. The van der Waals surface area contributed by atoms with Crippen molar-refractivity contribution in [3.63, 3.8) is 0 Å². The maximum atomic E-state index is 12.2. The number of nitrogens with zero attached hydrogens (tertiary/aromatic N) is 1. The van der Waals surface area contributed by atoms with Crippen LogP contribution in [0.3, 0.4) is 0 Å². The van der Waals surface area contributed by atoms with Crippen LogP contribution in [0.2, 0.25) is 0 Å². The number of rotatable bonds is 6. The third kappa shape index (κ3) is 4.12. The van der Waals surface area contributed by atoms with Gasteiger partial charge in [-0.15, -0.1) is 0 Å². The molecule has 0 amide bonds. The Morgan fingerprint density at radius 1 is 1.10 bits per heavy atom. The van der Waals surface area contributed by atoms with Crippen molar-refractivity contribution in [1.29, 1.82) is 0 Å². The van der Waals surface area contributed by atoms with Gasteiger partial charge in [-0.25, -0.2) is 13.1 Å². The summed E-state index contributed by atoms with van der Waals surface area (Å²) in [6.45, 7) is 4.51. The summed E-state index contributed by atoms with van der Waals surface area (Å²) in [6, 6.07) is 10.7. The van der Waals surface area contributed by atoms with E-state index in [0.717, 1.165) is 17.5 Å². The molecule has 0 fully saturated rings. The maximum Gasteiger partial charge on any atom is 0.240 e. The molecule has 0 aliphatic heterocycles. The van der Waals surface area contributed by atoms with Gasteiger partial charge >= 0.3 is 0 Å². The van der Waals surface area contributed by atoms with Crippen molar-refractivity contribution >= 4 is 10.0 Å². The Kier molecular flexibility index (Phi) is 5.09. The second kappa shape index (κ2) is 6.83. The van der Waals surface area contributed by atoms with Crippen LogP contribution in [0, 0.1) is 0 Å². The van der Waals surface area contributed by atoms with Gasteiger partial charge in [0.25, 0.3) is 0 Å². The number of hydrogen-bond acceptors (Lipinski definition) is 3. The quantitative estimate of drug-likeness (QED) is 0.892. The first-order valence-electron chi connectivity index (χ1n) is 7.01. The highest BCUT2D eigenvalue weighted by Gasteiger charge is 2.14. The third-order valence-corrected chi connectivity index (χ3v) is 5.00. The van der Waals surface area contributed by atoms with Crippen LogP contribution in [0.5, 0.6) is 0 Å². The zero-order valence-corrected chi connectivity index (χ0v) is 13.1. The number of nitrogens with one attached hydrogen (secondary N) is 1. The highest BCUT2D eigenvalue weighted by Crippen LogP contribution is 2.20. The fourth-order valence-corrected chi connectivity index (χ4v) is 2.99. The largest absolute Gasteiger partial charge is 0.265 e. The zero-order chi connectivity index (χ0) is 15.3. The summed E-state index contributed by atoms with van der Waals surface area (Å²) in [5.74, 6) is 0.437. The standard InChI is InChI=1S/C16H20N2O2S/c1-3-13(2)15-4-6-16(7-5-15)21(19,20)18-12-14-8-10-17-11-9-14/h4-11,13,18H,3,12H2,1-2H3/t13-/m1/s1. The molecule has 1 aromatic heterocycles. The minimum atomic E-state index is -3.48. The molecule has 2 rings (SSSR count). The monoisotopic (exact) mass is 304 g/mol. The molecule has 1 atom stereocenters. The lowest BCUT2D eigenvalue weighted by Gasteiger charge is -2.11. The molecule has 21 heavy (non-hydrogen) atoms. The van der Waals surface area contributed by atoms with E-state index in [1.165, 1.54) is 0 Å². The fourth-order valence-electron chi connectivity index (χ4n) is 1.97. The molecule has 1 heterocycles. The predicted molar refractivity (Wildman–Crippen MR) is 83.4 cm³/mol. The molecule has 0 bridgehead atoms. The number of benzene rings is 1. The maximum absolute atomic E-state index is 12.2. The van der Waals surface area contributed by atoms with Crippen LogP contribution in [0.1, 0.15) is 37.3 Å². The first-order chi connectivity index (χ1) is 10.0. The minimum Gasteiger partial charge on any atom is -0.265 e. The van der Waals surface area contributed by atoms with Gasteiger partial charge in [-0.2, -0.15) is 0 Å². The second-order valence-corrected chi connectivity index (χ2v) is 6.83. The highest BCUT2D eigenvalue weighted by atomic mass is 32.2. The van der Waals surface area contributed by atoms with Crippen LogP contribution in [-0.2, 0) is 16.6 Å². The van der Waals surface area contributed by atoms with E-state index in [4.69, 9.17) is 0 Å². The summed E-state index contributed by atoms with van der Waals surface area (Å²) in [5, 5.41) is 0. The second-order valence-electron chi connectivity index (χ2n) is 5.06. The third-order valence-electron chi connectivity index (χ3n) is 3.59. The lowest BCUT2D eigenvalue weighted by molar-refractivity contribution is 0.581. The lowest BCUT2D eigenvalue weighted by atomic mass is 9.99. The van der Waals surface area contributed by atoms with Gasteiger partial charge in [-0.3, -0.25) is 4.98 Å². The van der Waals surface area contributed by atoms with E-state index in [1.54, 1.807) is 36.7 Å². The molecular weight excluding hydrogens is 284 g/mol. The van der Waals surface area contributed by atoms with Crippen LogP contribution in [0.15, 0.2) is 53.7 Å². The van der Waals surface area contributed by atoms with Crippen LogP contribution in [0.25, 0.3) is 0 Å². The van der Waals surface area contributed by atoms with E-state index in [-0.39, 0.29) is 6.54 Å². The van der Waals surface area contributed by atoms with Crippen LogP contribution in [-0.4, -0.2) is 13.4 Å². The molecule has 0 aliphatic carbocycles. The van der Waals surface area contributed by atoms with E-state index in [1.807, 2.05) is 12.1 Å². The Morgan fingerprint density at radius 2 is 1.71 bits per heavy atom. The van der Waals surface area contributed by atoms with Gasteiger partial charge in [0.15, 0.2) is 0 Å². The average Bonchev–Trinajstić information content (AvgIpc) is 2.53. The van der Waals surface area contributed by atoms with E-state index >= 15 is 0 Å². The van der Waals surface area contributed by atoms with Crippen LogP contribution >= 0.6 is 0 Å². The number of hydrogen-bond donors (Lipinski definition) is 1. The van der Waals surface area contributed by atoms with Gasteiger partial charge in [0.2, 0.25) is 10.0 Å². The van der Waals surface area contributed by atoms with E-state index in [9.17, 15) is 8.42 Å². The summed E-state index contributed by atoms with van der Waals surface area (Å²) in [5.41, 5.74) is 2.04. The zero-order valence-electron chi connectivity index (χ0n) is 12.3. The van der Waals surface area contributed by atoms with Crippen molar-refractivity contribution in [2.24, 2.45) is 0 Å². The molecular formula is C16H20N2O2S. The first kappa shape index (κ1) is 15.7. The van der Waals surface area contributed by atoms with Gasteiger partial charge < -0.3 is 0 Å². The minimum absolute atomic E-state index is 0.262. The number of pyridine rings is 1. The molecule has 0 radical (unpaired) electrons. The Balaban J connectivity index is 2.09. The smallest absolute Gasteiger partial charge is 0.240 e. The normalized spacial score (nSPS) is 13.0. The molecule has 4 nitrogen and oxygen atoms in total. The summed E-state index contributed by atoms with van der Waals surface area (Å²) in [4.78, 5) is 4.20. The van der Waals surface area contributed by atoms with Crippen molar-refractivity contribution < 1.29 is 8.42 Å². The van der Waals surface area contributed by atoms with Crippen LogP contribution < -0.4 is 4.72 Å². The molecule has 0 spiro atoms. The van der Waals surface area contributed by atoms with E-state index < -0.39 is 10.0 Å². The van der Waals surface area contributed by atoms with Crippen molar-refractivity contribution in [2.45, 2.75) is 37.6 Å². The molecule has 0 saturated carbocycles. The predicted octanol–water partition coefficient (Wildman–Crippen LogP) is 3.07. The Labute approximate surface area is 126 Å². The highest BCUT2D eigenvalue weighted by molar-refractivity contribution is 7.89. The van der Waals surface area contributed by atoms with Crippen molar-refractivity contribution in [3.05, 3.63) is 59.9 Å². The van der Waals surface area contributed by atoms with Crippen molar-refractivity contribution in [3.8, 4) is 0 Å². The summed E-state index contributed by atoms with van der Waals surface area (Å²) in [7, 11) is -3.48. The molecule has 5 heteroatoms. The Bertz CT molecular complexity index is 667. The Hall–Kier alpha value is -1.72. The summed E-state index contributed by atoms with van der Waals surface area (Å²) < 4.78 is 27.1. The van der Waals surface area contributed by atoms with Gasteiger partial charge in [0.05, 0.1) is 4.90 Å². The fraction of sp³-hybridized carbons (Fsp3) is 0.312. The van der Waals surface area contributed by atoms with E-state index in [0.29, 0.717) is 10.8 Å². The number of aromatic nitrogens is 1. The topological polar surface area (TPSA) is 59.1 Å². The molecule has 2 aromatic rings. The van der Waals surface area contributed by atoms with E-state index in [2.05, 4.69) is 23.6 Å². The molecule has 0 aliphatic rings. The van der Waals surface area contributed by atoms with Gasteiger partial charge in [0.1, 0.15) is 0 Å². The van der Waals surface area contributed by atoms with Crippen molar-refractivity contribution in [1.82, 2.24) is 9.71 Å². The Morgan fingerprint density at radius 3 is 2.29 bits per heavy atom. The number of sulfonamides is 1. The van der Waals surface area contributed by atoms with Gasteiger partial charge in [-0.05, 0) is 47.7 Å². The summed E-state index contributed by atoms with van der Waals surface area (Å²) >= 11 is 0. The lowest BCUT2D eigenvalue weighted by Crippen LogP contribution is -2.23.